The number of nitrogens with zero attached hydrogens (tertiary/aromatic N) is 5. The second kappa shape index (κ2) is 8.03. The summed E-state index contributed by atoms with van der Waals surface area (Å²) in [6.07, 6.45) is 1.78. The maximum absolute atomic E-state index is 13.4. The molecule has 9 nitrogen and oxygen atoms in total. The number of methoxy groups -OCH3 is 1. The predicted octanol–water partition coefficient (Wildman–Crippen LogP) is 3.06. The van der Waals surface area contributed by atoms with Gasteiger partial charge in [-0.15, -0.1) is 0 Å². The van der Waals surface area contributed by atoms with Gasteiger partial charge < -0.3 is 4.74 Å². The highest BCUT2D eigenvalue weighted by Gasteiger charge is 2.24. The quantitative estimate of drug-likeness (QED) is 0.388. The number of imidazole rings is 2. The summed E-state index contributed by atoms with van der Waals surface area (Å²) < 4.78 is 11.3. The Morgan fingerprint density at radius 3 is 2.53 bits per heavy atom. The van der Waals surface area contributed by atoms with Gasteiger partial charge in [0.25, 0.3) is 5.56 Å². The number of aromatic nitrogens is 5. The number of halogens is 1. The Morgan fingerprint density at radius 2 is 1.85 bits per heavy atom. The number of aryl methyl sites for hydroxylation is 1. The van der Waals surface area contributed by atoms with Crippen molar-refractivity contribution in [3.8, 4) is 22.7 Å². The van der Waals surface area contributed by atoms with Crippen molar-refractivity contribution in [3.63, 3.8) is 0 Å². The van der Waals surface area contributed by atoms with Crippen LogP contribution in [0.2, 0.25) is 5.02 Å². The van der Waals surface area contributed by atoms with E-state index in [9.17, 15) is 14.4 Å². The second-order valence-corrected chi connectivity index (χ2v) is 8.36. The summed E-state index contributed by atoms with van der Waals surface area (Å²) in [4.78, 5) is 42.6. The van der Waals surface area contributed by atoms with E-state index in [0.717, 1.165) is 15.8 Å². The summed E-state index contributed by atoms with van der Waals surface area (Å²) in [5, 5.41) is 0.494. The molecule has 10 heteroatoms. The van der Waals surface area contributed by atoms with Crippen molar-refractivity contribution in [2.75, 3.05) is 7.11 Å². The van der Waals surface area contributed by atoms with Crippen LogP contribution in [0, 0.1) is 0 Å². The van der Waals surface area contributed by atoms with Crippen LogP contribution in [0.4, 0.5) is 0 Å². The lowest BCUT2D eigenvalue weighted by molar-refractivity contribution is -0.117. The van der Waals surface area contributed by atoms with Crippen molar-refractivity contribution >= 4 is 34.3 Å². The lowest BCUT2D eigenvalue weighted by Gasteiger charge is -2.13. The molecule has 0 bridgehead atoms. The zero-order valence-electron chi connectivity index (χ0n) is 18.7. The van der Waals surface area contributed by atoms with Crippen LogP contribution >= 0.6 is 11.6 Å². The zero-order chi connectivity index (χ0) is 24.1. The van der Waals surface area contributed by atoms with Crippen LogP contribution in [0.5, 0.6) is 5.75 Å². The lowest BCUT2D eigenvalue weighted by Crippen LogP contribution is -2.40. The van der Waals surface area contributed by atoms with E-state index in [0.29, 0.717) is 22.2 Å². The molecule has 0 aliphatic rings. The minimum absolute atomic E-state index is 0.190. The molecule has 0 N–H and O–H groups in total. The molecular weight excluding hydrogens is 458 g/mol. The topological polar surface area (TPSA) is 92.5 Å². The molecule has 0 radical (unpaired) electrons. The van der Waals surface area contributed by atoms with Gasteiger partial charge in [0, 0.05) is 23.8 Å². The molecule has 0 saturated carbocycles. The number of ketones is 1. The van der Waals surface area contributed by atoms with Crippen molar-refractivity contribution in [3.05, 3.63) is 80.6 Å². The van der Waals surface area contributed by atoms with Gasteiger partial charge in [-0.3, -0.25) is 27.7 Å². The molecule has 0 aliphatic carbocycles. The number of fused-ring (bicyclic) bond motifs is 3. The van der Waals surface area contributed by atoms with E-state index < -0.39 is 11.2 Å². The van der Waals surface area contributed by atoms with Crippen LogP contribution in [0.25, 0.3) is 33.9 Å². The van der Waals surface area contributed by atoms with Gasteiger partial charge in [-0.25, -0.2) is 4.79 Å². The third kappa shape index (κ3) is 3.24. The van der Waals surface area contributed by atoms with E-state index >= 15 is 0 Å². The lowest BCUT2D eigenvalue weighted by atomic mass is 10.1. The van der Waals surface area contributed by atoms with Gasteiger partial charge in [0.05, 0.1) is 25.0 Å². The van der Waals surface area contributed by atoms with Gasteiger partial charge in [0.15, 0.2) is 11.2 Å². The smallest absolute Gasteiger partial charge is 0.332 e. The molecule has 0 atom stereocenters. The summed E-state index contributed by atoms with van der Waals surface area (Å²) in [5.41, 5.74) is 1.43. The third-order valence-corrected chi connectivity index (χ3v) is 5.92. The molecule has 0 amide bonds. The summed E-state index contributed by atoms with van der Waals surface area (Å²) in [5.74, 6) is 0.641. The highest BCUT2D eigenvalue weighted by atomic mass is 35.5. The number of carbonyl (C=O) groups excluding carboxylic acids is 1. The number of ether oxygens (including phenoxy) is 1. The highest BCUT2D eigenvalue weighted by molar-refractivity contribution is 6.30. The minimum atomic E-state index is -0.608. The van der Waals surface area contributed by atoms with E-state index in [1.165, 1.54) is 18.5 Å². The number of rotatable bonds is 5. The largest absolute Gasteiger partial charge is 0.495 e. The van der Waals surface area contributed by atoms with Crippen molar-refractivity contribution in [1.82, 2.24) is 23.1 Å². The monoisotopic (exact) mass is 477 g/mol. The summed E-state index contributed by atoms with van der Waals surface area (Å²) >= 11 is 6.33. The Balaban J connectivity index is 1.97. The van der Waals surface area contributed by atoms with Gasteiger partial charge >= 0.3 is 5.69 Å². The fraction of sp³-hybridized carbons (Fsp3) is 0.167. The molecule has 0 spiro atoms. The summed E-state index contributed by atoms with van der Waals surface area (Å²) in [7, 11) is 3.08. The average molecular weight is 478 g/mol. The maximum atomic E-state index is 13.4. The van der Waals surface area contributed by atoms with Crippen LogP contribution in [0.15, 0.2) is 64.3 Å². The molecule has 2 aromatic carbocycles. The zero-order valence-corrected chi connectivity index (χ0v) is 19.4. The summed E-state index contributed by atoms with van der Waals surface area (Å²) in [6.45, 7) is 1.01. The van der Waals surface area contributed by atoms with Crippen LogP contribution < -0.4 is 16.0 Å². The third-order valence-electron chi connectivity index (χ3n) is 5.68. The summed E-state index contributed by atoms with van der Waals surface area (Å²) in [6, 6.07) is 14.8. The number of benzene rings is 2. The van der Waals surface area contributed by atoms with E-state index in [2.05, 4.69) is 4.98 Å². The van der Waals surface area contributed by atoms with E-state index in [4.69, 9.17) is 16.3 Å². The van der Waals surface area contributed by atoms with Gasteiger partial charge in [-0.2, -0.15) is 4.98 Å². The molecule has 0 aliphatic heterocycles. The van der Waals surface area contributed by atoms with Crippen molar-refractivity contribution in [2.24, 2.45) is 7.05 Å². The maximum Gasteiger partial charge on any atom is 0.332 e. The Labute approximate surface area is 198 Å². The van der Waals surface area contributed by atoms with Crippen LogP contribution in [-0.4, -0.2) is 36.0 Å². The van der Waals surface area contributed by atoms with E-state index in [1.54, 1.807) is 35.9 Å². The standard InChI is InChI=1S/C24H20ClN5O4/c1-14(31)12-29-22(32)20-21(27(2)24(29)33)26-23-28(20)13-18(15-7-5-4-6-8-15)30(23)17-11-16(25)9-10-19(17)34-3/h4-11,13H,12H2,1-3H3. The second-order valence-electron chi connectivity index (χ2n) is 7.92. The normalized spacial score (nSPS) is 11.4. The highest BCUT2D eigenvalue weighted by Crippen LogP contribution is 2.34. The minimum Gasteiger partial charge on any atom is -0.495 e. The SMILES string of the molecule is COc1ccc(Cl)cc1-n1c(-c2ccccc2)cn2c3c(=O)n(CC(C)=O)c(=O)n(C)c3nc12. The molecule has 5 aromatic rings. The van der Waals surface area contributed by atoms with E-state index in [-0.39, 0.29) is 23.5 Å². The molecule has 0 saturated heterocycles. The first-order valence-corrected chi connectivity index (χ1v) is 10.8. The molecule has 5 rings (SSSR count). The van der Waals surface area contributed by atoms with Crippen molar-refractivity contribution in [1.29, 1.82) is 0 Å². The molecule has 3 aromatic heterocycles. The van der Waals surface area contributed by atoms with Crippen molar-refractivity contribution < 1.29 is 9.53 Å². The van der Waals surface area contributed by atoms with Gasteiger partial charge in [-0.1, -0.05) is 41.9 Å². The Hall–Kier alpha value is -4.11. The predicted molar refractivity (Wildman–Crippen MR) is 129 cm³/mol. The Kier molecular flexibility index (Phi) is 5.13. The fourth-order valence-electron chi connectivity index (χ4n) is 4.15. The van der Waals surface area contributed by atoms with E-state index in [1.807, 2.05) is 34.9 Å². The van der Waals surface area contributed by atoms with Gasteiger partial charge in [0.2, 0.25) is 5.78 Å². The average Bonchev–Trinajstić information content (AvgIpc) is 3.37. The van der Waals surface area contributed by atoms with Crippen LogP contribution in [-0.2, 0) is 18.4 Å². The Morgan fingerprint density at radius 1 is 1.12 bits per heavy atom. The molecular formula is C24H20ClN5O4. The molecule has 0 fully saturated rings. The number of Topliss-reactive ketones (excluding diaryl/α,β-unsaturated/α-hetero) is 1. The number of hydrogen-bond donors (Lipinski definition) is 0. The molecule has 3 heterocycles. The Bertz CT molecular complexity index is 1710. The van der Waals surface area contributed by atoms with Crippen LogP contribution in [0.3, 0.4) is 0 Å². The molecule has 34 heavy (non-hydrogen) atoms. The number of carbonyl (C=O) groups is 1. The van der Waals surface area contributed by atoms with Gasteiger partial charge in [-0.05, 0) is 25.1 Å². The molecule has 0 unspecified atom stereocenters. The van der Waals surface area contributed by atoms with Gasteiger partial charge in [0.1, 0.15) is 11.5 Å². The first-order valence-electron chi connectivity index (χ1n) is 10.4. The first kappa shape index (κ1) is 21.7. The number of hydrogen-bond acceptors (Lipinski definition) is 5. The van der Waals surface area contributed by atoms with Crippen LogP contribution in [0.1, 0.15) is 6.92 Å². The molecule has 172 valence electrons. The fourth-order valence-corrected chi connectivity index (χ4v) is 4.31. The first-order chi connectivity index (χ1) is 16.3. The van der Waals surface area contributed by atoms with Crippen molar-refractivity contribution in [2.45, 2.75) is 13.5 Å².